The van der Waals surface area contributed by atoms with E-state index in [0.29, 0.717) is 6.61 Å². The molecule has 0 saturated heterocycles. The lowest BCUT2D eigenvalue weighted by molar-refractivity contribution is 0.302. The van der Waals surface area contributed by atoms with Crippen molar-refractivity contribution in [1.82, 2.24) is 9.55 Å². The van der Waals surface area contributed by atoms with Crippen LogP contribution >= 0.6 is 0 Å². The van der Waals surface area contributed by atoms with Crippen molar-refractivity contribution >= 4 is 11.0 Å². The van der Waals surface area contributed by atoms with Gasteiger partial charge in [0.1, 0.15) is 17.3 Å². The molecule has 0 bridgehead atoms. The second kappa shape index (κ2) is 8.17. The summed E-state index contributed by atoms with van der Waals surface area (Å²) in [6.45, 7) is 3.60. The quantitative estimate of drug-likeness (QED) is 0.403. The molecule has 0 aliphatic carbocycles. The van der Waals surface area contributed by atoms with Crippen molar-refractivity contribution in [3.8, 4) is 22.9 Å². The average molecular weight is 372 g/mol. The van der Waals surface area contributed by atoms with E-state index in [-0.39, 0.29) is 0 Å². The van der Waals surface area contributed by atoms with Gasteiger partial charge in [0, 0.05) is 12.1 Å². The van der Waals surface area contributed by atoms with Crippen molar-refractivity contribution < 1.29 is 9.47 Å². The molecule has 142 valence electrons. The molecule has 0 N–H and O–H groups in total. The van der Waals surface area contributed by atoms with Crippen molar-refractivity contribution in [2.75, 3.05) is 13.7 Å². The Balaban J connectivity index is 1.51. The summed E-state index contributed by atoms with van der Waals surface area (Å²) in [5.74, 6) is 2.70. The van der Waals surface area contributed by atoms with Crippen LogP contribution in [0.5, 0.6) is 11.5 Å². The molecule has 0 atom stereocenters. The number of ether oxygens (including phenoxy) is 2. The Kier molecular flexibility index (Phi) is 5.29. The number of hydrogen-bond acceptors (Lipinski definition) is 3. The predicted molar refractivity (Wildman–Crippen MR) is 113 cm³/mol. The number of aryl methyl sites for hydroxylation is 2. The van der Waals surface area contributed by atoms with Crippen LogP contribution in [-0.2, 0) is 6.54 Å². The van der Waals surface area contributed by atoms with Crippen LogP contribution in [0.25, 0.3) is 22.4 Å². The summed E-state index contributed by atoms with van der Waals surface area (Å²) < 4.78 is 13.4. The van der Waals surface area contributed by atoms with E-state index in [1.165, 1.54) is 5.56 Å². The largest absolute Gasteiger partial charge is 0.497 e. The molecule has 0 unspecified atom stereocenters. The highest BCUT2D eigenvalue weighted by atomic mass is 16.5. The van der Waals surface area contributed by atoms with E-state index >= 15 is 0 Å². The van der Waals surface area contributed by atoms with Gasteiger partial charge in [-0.3, -0.25) is 0 Å². The molecule has 4 rings (SSSR count). The van der Waals surface area contributed by atoms with Crippen LogP contribution in [0.2, 0.25) is 0 Å². The summed E-state index contributed by atoms with van der Waals surface area (Å²) >= 11 is 0. The Morgan fingerprint density at radius 1 is 0.893 bits per heavy atom. The zero-order valence-electron chi connectivity index (χ0n) is 16.3. The first-order valence-corrected chi connectivity index (χ1v) is 9.54. The lowest BCUT2D eigenvalue weighted by Gasteiger charge is -2.11. The molecule has 0 aliphatic rings. The molecule has 4 nitrogen and oxygen atoms in total. The zero-order chi connectivity index (χ0) is 19.3. The van der Waals surface area contributed by atoms with E-state index in [1.54, 1.807) is 7.11 Å². The molecule has 0 saturated carbocycles. The van der Waals surface area contributed by atoms with Gasteiger partial charge in [-0.2, -0.15) is 0 Å². The van der Waals surface area contributed by atoms with Gasteiger partial charge in [-0.15, -0.1) is 0 Å². The third kappa shape index (κ3) is 3.86. The van der Waals surface area contributed by atoms with Crippen molar-refractivity contribution in [3.63, 3.8) is 0 Å². The molecular weight excluding hydrogens is 348 g/mol. The van der Waals surface area contributed by atoms with Crippen LogP contribution in [0.3, 0.4) is 0 Å². The number of aromatic nitrogens is 2. The molecule has 0 spiro atoms. The highest BCUT2D eigenvalue weighted by Crippen LogP contribution is 2.26. The second-order valence-corrected chi connectivity index (χ2v) is 6.82. The van der Waals surface area contributed by atoms with Gasteiger partial charge in [0.25, 0.3) is 0 Å². The molecular formula is C24H24N2O2. The van der Waals surface area contributed by atoms with Crippen molar-refractivity contribution in [2.24, 2.45) is 0 Å². The van der Waals surface area contributed by atoms with Crippen LogP contribution in [0.15, 0.2) is 72.8 Å². The fourth-order valence-electron chi connectivity index (χ4n) is 3.39. The fraction of sp³-hybridized carbons (Fsp3) is 0.208. The molecule has 0 amide bonds. The van der Waals surface area contributed by atoms with Crippen molar-refractivity contribution in [3.05, 3.63) is 78.4 Å². The summed E-state index contributed by atoms with van der Waals surface area (Å²) in [6, 6.07) is 24.5. The number of hydrogen-bond donors (Lipinski definition) is 0. The minimum Gasteiger partial charge on any atom is -0.497 e. The SMILES string of the molecule is COc1ccc(OCCCn2c(-c3cccc(C)c3)nc3ccccc32)cc1. The first-order chi connectivity index (χ1) is 13.7. The molecule has 3 aromatic carbocycles. The summed E-state index contributed by atoms with van der Waals surface area (Å²) in [5, 5.41) is 0. The van der Waals surface area contributed by atoms with Gasteiger partial charge < -0.3 is 14.0 Å². The van der Waals surface area contributed by atoms with Gasteiger partial charge >= 0.3 is 0 Å². The maximum Gasteiger partial charge on any atom is 0.141 e. The molecule has 4 aromatic rings. The van der Waals surface area contributed by atoms with Gasteiger partial charge in [-0.05, 0) is 55.8 Å². The fourth-order valence-corrected chi connectivity index (χ4v) is 3.39. The van der Waals surface area contributed by atoms with E-state index in [0.717, 1.165) is 46.9 Å². The highest BCUT2D eigenvalue weighted by molar-refractivity contribution is 5.80. The summed E-state index contributed by atoms with van der Waals surface area (Å²) in [7, 11) is 1.66. The number of rotatable bonds is 7. The normalized spacial score (nSPS) is 10.9. The maximum atomic E-state index is 5.89. The van der Waals surface area contributed by atoms with Crippen LogP contribution in [0, 0.1) is 6.92 Å². The van der Waals surface area contributed by atoms with E-state index < -0.39 is 0 Å². The minimum atomic E-state index is 0.645. The van der Waals surface area contributed by atoms with Gasteiger partial charge in [0.2, 0.25) is 0 Å². The number of benzene rings is 3. The van der Waals surface area contributed by atoms with E-state index in [2.05, 4.69) is 54.0 Å². The monoisotopic (exact) mass is 372 g/mol. The Hall–Kier alpha value is -3.27. The predicted octanol–water partition coefficient (Wildman–Crippen LogP) is 5.49. The molecule has 1 aromatic heterocycles. The minimum absolute atomic E-state index is 0.645. The third-order valence-electron chi connectivity index (χ3n) is 4.79. The van der Waals surface area contributed by atoms with E-state index in [1.807, 2.05) is 30.3 Å². The molecule has 1 heterocycles. The summed E-state index contributed by atoms with van der Waals surface area (Å²) in [4.78, 5) is 4.89. The second-order valence-electron chi connectivity index (χ2n) is 6.82. The Morgan fingerprint density at radius 3 is 2.46 bits per heavy atom. The van der Waals surface area contributed by atoms with Crippen molar-refractivity contribution in [1.29, 1.82) is 0 Å². The van der Waals surface area contributed by atoms with Crippen LogP contribution in [0.1, 0.15) is 12.0 Å². The summed E-state index contributed by atoms with van der Waals surface area (Å²) in [6.07, 6.45) is 0.894. The molecule has 28 heavy (non-hydrogen) atoms. The van der Waals surface area contributed by atoms with Crippen molar-refractivity contribution in [2.45, 2.75) is 19.9 Å². The van der Waals surface area contributed by atoms with Gasteiger partial charge in [-0.1, -0.05) is 35.9 Å². The number of para-hydroxylation sites is 2. The summed E-state index contributed by atoms with van der Waals surface area (Å²) in [5.41, 5.74) is 4.56. The maximum absolute atomic E-state index is 5.89. The standard InChI is InChI=1S/C24H24N2O2/c1-18-7-5-8-19(17-18)24-25-22-9-3-4-10-23(22)26(24)15-6-16-28-21-13-11-20(27-2)12-14-21/h3-5,7-14,17H,6,15-16H2,1-2H3. The van der Waals surface area contributed by atoms with Gasteiger partial charge in [0.15, 0.2) is 0 Å². The van der Waals surface area contributed by atoms with E-state index in [9.17, 15) is 0 Å². The van der Waals surface area contributed by atoms with E-state index in [4.69, 9.17) is 14.5 Å². The average Bonchev–Trinajstić information content (AvgIpc) is 3.10. The lowest BCUT2D eigenvalue weighted by Crippen LogP contribution is -2.06. The molecule has 4 heteroatoms. The topological polar surface area (TPSA) is 36.3 Å². The Labute approximate surface area is 165 Å². The number of nitrogens with zero attached hydrogens (tertiary/aromatic N) is 2. The molecule has 0 radical (unpaired) electrons. The third-order valence-corrected chi connectivity index (χ3v) is 4.79. The first kappa shape index (κ1) is 18.1. The zero-order valence-corrected chi connectivity index (χ0v) is 16.3. The highest BCUT2D eigenvalue weighted by Gasteiger charge is 2.12. The number of fused-ring (bicyclic) bond motifs is 1. The Bertz CT molecular complexity index is 1070. The van der Waals surface area contributed by atoms with Crippen LogP contribution < -0.4 is 9.47 Å². The molecule has 0 fully saturated rings. The number of imidazole rings is 1. The van der Waals surface area contributed by atoms with Gasteiger partial charge in [0.05, 0.1) is 24.8 Å². The van der Waals surface area contributed by atoms with Gasteiger partial charge in [-0.25, -0.2) is 4.98 Å². The first-order valence-electron chi connectivity index (χ1n) is 9.54. The Morgan fingerprint density at radius 2 is 1.68 bits per heavy atom. The van der Waals surface area contributed by atoms with Crippen LogP contribution in [0.4, 0.5) is 0 Å². The van der Waals surface area contributed by atoms with Crippen LogP contribution in [-0.4, -0.2) is 23.3 Å². The number of methoxy groups -OCH3 is 1. The smallest absolute Gasteiger partial charge is 0.141 e. The molecule has 0 aliphatic heterocycles. The lowest BCUT2D eigenvalue weighted by atomic mass is 10.1.